The normalized spacial score (nSPS) is 46.1. The van der Waals surface area contributed by atoms with Gasteiger partial charge in [0.15, 0.2) is 0 Å². The van der Waals surface area contributed by atoms with E-state index in [1.165, 1.54) is 11.1 Å². The maximum absolute atomic E-state index is 13.5. The van der Waals surface area contributed by atoms with Crippen molar-refractivity contribution in [2.24, 2.45) is 91.7 Å². The number of hydrogen-bond donors (Lipinski definition) is 4. The van der Waals surface area contributed by atoms with Gasteiger partial charge in [-0.2, -0.15) is 0 Å². The molecule has 4 unspecified atom stereocenters. The van der Waals surface area contributed by atoms with Crippen LogP contribution >= 0.6 is 35.6 Å². The van der Waals surface area contributed by atoms with Gasteiger partial charge in [0.1, 0.15) is 23.8 Å². The number of rotatable bonds is 6. The van der Waals surface area contributed by atoms with Gasteiger partial charge in [0.25, 0.3) is 0 Å². The summed E-state index contributed by atoms with van der Waals surface area (Å²) in [5, 5.41) is 28.5. The van der Waals surface area contributed by atoms with Crippen LogP contribution in [0.25, 0.3) is 0 Å². The minimum Gasteiger partial charge on any atom is -0.445 e. The summed E-state index contributed by atoms with van der Waals surface area (Å²) in [7, 11) is 3.96. The standard InChI is InChI=1S/2C29H45ClN2O5.ClH/c2*1-17-9-14-32(6)16-20(17)25(35)31-26(36)37-22-15-27(4,12-13-30)24(34)19(3)29-10-7-18(2)28(22,5)23(29)21(33)8-11-29;/h2*12-13,17-20,22-24,34H,7-11,14-16H2,1-6H3,(H,31,35,36);1H/t2*17-,18+,19-,20-,22+,23?,24-,27+,28-,29?;/m00./s1. The summed E-state index contributed by atoms with van der Waals surface area (Å²) < 4.78 is 12.3. The zero-order valence-electron chi connectivity index (χ0n) is 46.9. The summed E-state index contributed by atoms with van der Waals surface area (Å²) in [6.45, 7) is 23.6. The molecule has 4 N–H and O–H groups in total. The van der Waals surface area contributed by atoms with Gasteiger partial charge in [-0.25, -0.2) is 9.59 Å². The maximum Gasteiger partial charge on any atom is 0.414 e. The van der Waals surface area contributed by atoms with Gasteiger partial charge in [-0.1, -0.05) is 105 Å². The van der Waals surface area contributed by atoms with Gasteiger partial charge in [0.2, 0.25) is 11.8 Å². The highest BCUT2D eigenvalue weighted by molar-refractivity contribution is 6.25. The molecule has 4 bridgehead atoms. The molecular formula is C58H91Cl3N4O10. The molecule has 6 saturated carbocycles. The smallest absolute Gasteiger partial charge is 0.414 e. The lowest BCUT2D eigenvalue weighted by atomic mass is 9.44. The van der Waals surface area contributed by atoms with Crippen molar-refractivity contribution in [1.29, 1.82) is 0 Å². The van der Waals surface area contributed by atoms with E-state index in [-0.39, 0.29) is 106 Å². The summed E-state index contributed by atoms with van der Waals surface area (Å²) in [6.07, 6.45) is 7.56. The zero-order chi connectivity index (χ0) is 54.7. The number of nitrogens with one attached hydrogen (secondary N) is 2. The van der Waals surface area contributed by atoms with E-state index >= 15 is 0 Å². The number of hydrogen-bond acceptors (Lipinski definition) is 12. The Balaban J connectivity index is 0.000000241. The second-order valence-electron chi connectivity index (χ2n) is 26.4. The first-order valence-electron chi connectivity index (χ1n) is 28.0. The van der Waals surface area contributed by atoms with Crippen LogP contribution in [0.4, 0.5) is 9.59 Å². The SMILES string of the molecule is C[C@@H]1CCC23CCC(=O)C2[C@]1(C)[C@H](OC(=O)NC(=O)[C@H]1CN(C)CC[C@@H]1C)C[C@@](C)(C=CCl)[C@@H](O)[C@@H]3C.C[C@@H]1CCC23CCC(=O)C2[C@]1(C)[C@H](OC(=O)NC(=O)[C@H]1CN(C)CC[C@@H]1C)C[C@@](C)(C=CCl)[C@@H](O)[C@@H]3C.Cl. The van der Waals surface area contributed by atoms with Crippen molar-refractivity contribution >= 4 is 71.2 Å². The summed E-state index contributed by atoms with van der Waals surface area (Å²) in [5.41, 5.74) is -0.630. The van der Waals surface area contributed by atoms with E-state index in [2.05, 4.69) is 62.0 Å². The van der Waals surface area contributed by atoms with E-state index in [4.69, 9.17) is 32.7 Å². The molecule has 8 fully saturated rings. The van der Waals surface area contributed by atoms with Gasteiger partial charge in [-0.05, 0) is 138 Å². The van der Waals surface area contributed by atoms with Crippen molar-refractivity contribution in [1.82, 2.24) is 20.4 Å². The molecule has 0 aromatic carbocycles. The lowest BCUT2D eigenvalue weighted by Crippen LogP contribution is -2.63. The van der Waals surface area contributed by atoms with Gasteiger partial charge >= 0.3 is 12.2 Å². The quantitative estimate of drug-likeness (QED) is 0.197. The molecule has 0 aromatic heterocycles. The predicted molar refractivity (Wildman–Crippen MR) is 293 cm³/mol. The zero-order valence-corrected chi connectivity index (χ0v) is 49.3. The van der Waals surface area contributed by atoms with Crippen LogP contribution in [0, 0.1) is 91.7 Å². The maximum atomic E-state index is 13.5. The average Bonchev–Trinajstić information content (AvgIpc) is 3.89. The number of aliphatic hydroxyl groups excluding tert-OH is 2. The van der Waals surface area contributed by atoms with Crippen molar-refractivity contribution < 1.29 is 48.5 Å². The van der Waals surface area contributed by atoms with E-state index in [1.807, 2.05) is 41.8 Å². The summed E-state index contributed by atoms with van der Waals surface area (Å²) >= 11 is 12.1. The van der Waals surface area contributed by atoms with Gasteiger partial charge < -0.3 is 29.5 Å². The van der Waals surface area contributed by atoms with E-state index in [0.717, 1.165) is 64.5 Å². The first kappa shape index (κ1) is 61.6. The first-order valence-corrected chi connectivity index (χ1v) is 28.8. The van der Waals surface area contributed by atoms with Crippen molar-refractivity contribution in [2.75, 3.05) is 40.3 Å². The minimum atomic E-state index is -0.772. The van der Waals surface area contributed by atoms with Gasteiger partial charge in [-0.3, -0.25) is 29.8 Å². The van der Waals surface area contributed by atoms with Crippen molar-refractivity contribution in [3.05, 3.63) is 23.2 Å². The highest BCUT2D eigenvalue weighted by Crippen LogP contribution is 2.70. The first-order chi connectivity index (χ1) is 34.6. The molecule has 0 spiro atoms. The van der Waals surface area contributed by atoms with Gasteiger partial charge in [0.05, 0.1) is 24.0 Å². The number of aliphatic hydroxyl groups is 2. The largest absolute Gasteiger partial charge is 0.445 e. The Morgan fingerprint density at radius 3 is 1.28 bits per heavy atom. The molecule has 8 aliphatic rings. The lowest BCUT2D eigenvalue weighted by molar-refractivity contribution is -0.191. The highest BCUT2D eigenvalue weighted by Gasteiger charge is 2.70. The summed E-state index contributed by atoms with van der Waals surface area (Å²) in [6, 6.07) is 0. The Morgan fingerprint density at radius 2 is 0.947 bits per heavy atom. The number of amides is 4. The van der Waals surface area contributed by atoms with Crippen LogP contribution in [-0.2, 0) is 28.7 Å². The van der Waals surface area contributed by atoms with Crippen LogP contribution in [0.15, 0.2) is 23.2 Å². The number of ketones is 2. The van der Waals surface area contributed by atoms with E-state index in [0.29, 0.717) is 38.8 Å². The molecule has 2 heterocycles. The minimum absolute atomic E-state index is 0. The molecule has 17 heteroatoms. The molecule has 6 aliphatic carbocycles. The molecule has 4 amide bonds. The molecule has 75 heavy (non-hydrogen) atoms. The van der Waals surface area contributed by atoms with Crippen LogP contribution in [0.2, 0.25) is 0 Å². The van der Waals surface area contributed by atoms with Crippen molar-refractivity contribution in [2.45, 2.75) is 171 Å². The van der Waals surface area contributed by atoms with Crippen LogP contribution in [0.1, 0.15) is 146 Å². The Morgan fingerprint density at radius 1 is 0.600 bits per heavy atom. The highest BCUT2D eigenvalue weighted by atomic mass is 35.5. The third-order valence-corrected chi connectivity index (χ3v) is 22.8. The molecule has 0 radical (unpaired) electrons. The molecule has 2 saturated heterocycles. The number of nitrogens with zero attached hydrogens (tertiary/aromatic N) is 2. The Kier molecular flexibility index (Phi) is 19.1. The number of likely N-dealkylation sites (tertiary alicyclic amines) is 2. The fourth-order valence-electron chi connectivity index (χ4n) is 17.1. The molecule has 424 valence electrons. The van der Waals surface area contributed by atoms with Crippen LogP contribution in [-0.4, -0.2) is 120 Å². The number of Topliss-reactive ketones (excluding diaryl/α,β-unsaturated/α-hetero) is 2. The van der Waals surface area contributed by atoms with Gasteiger partial charge in [-0.15, -0.1) is 12.4 Å². The Bertz CT molecular complexity index is 2070. The second-order valence-corrected chi connectivity index (χ2v) is 26.9. The fourth-order valence-corrected chi connectivity index (χ4v) is 17.6. The molecule has 8 rings (SSSR count). The topological polar surface area (TPSA) is 192 Å². The van der Waals surface area contributed by atoms with E-state index in [1.54, 1.807) is 12.2 Å². The second kappa shape index (κ2) is 23.2. The van der Waals surface area contributed by atoms with Crippen LogP contribution in [0.3, 0.4) is 0 Å². The molecular weight excluding hydrogens is 1020 g/mol. The number of alkyl carbamates (subject to hydrolysis) is 2. The fraction of sp³-hybridized carbons (Fsp3) is 0.828. The number of piperidine rings is 2. The third-order valence-electron chi connectivity index (χ3n) is 22.5. The van der Waals surface area contributed by atoms with Gasteiger partial charge in [0, 0.05) is 70.5 Å². The monoisotopic (exact) mass is 1110 g/mol. The van der Waals surface area contributed by atoms with Crippen LogP contribution in [0.5, 0.6) is 0 Å². The number of ether oxygens (including phenoxy) is 2. The molecule has 0 aromatic rings. The number of imide groups is 2. The summed E-state index contributed by atoms with van der Waals surface area (Å²) in [4.78, 5) is 84.0. The Hall–Kier alpha value is -2.59. The molecule has 20 atom stereocenters. The number of carbonyl (C=O) groups is 6. The number of carbonyl (C=O) groups excluding carboxylic acids is 6. The van der Waals surface area contributed by atoms with Crippen molar-refractivity contribution in [3.63, 3.8) is 0 Å². The van der Waals surface area contributed by atoms with E-state index < -0.39 is 58.3 Å². The lowest BCUT2D eigenvalue weighted by Gasteiger charge is -2.61. The summed E-state index contributed by atoms with van der Waals surface area (Å²) in [5.74, 6) is -1.06. The third kappa shape index (κ3) is 10.9. The Labute approximate surface area is 463 Å². The number of halogens is 3. The molecule has 2 aliphatic heterocycles. The molecule has 14 nitrogen and oxygen atoms in total. The average molecular weight is 1110 g/mol. The van der Waals surface area contributed by atoms with Crippen LogP contribution < -0.4 is 10.6 Å². The van der Waals surface area contributed by atoms with Crippen molar-refractivity contribution in [3.8, 4) is 0 Å². The predicted octanol–water partition coefficient (Wildman–Crippen LogP) is 9.94. The van der Waals surface area contributed by atoms with E-state index in [9.17, 15) is 39.0 Å².